The highest BCUT2D eigenvalue weighted by atomic mass is 16.3. The summed E-state index contributed by atoms with van der Waals surface area (Å²) in [5.74, 6) is 0.961. The van der Waals surface area contributed by atoms with Crippen LogP contribution in [0.5, 0.6) is 0 Å². The molecule has 5 aromatic rings. The van der Waals surface area contributed by atoms with Crippen molar-refractivity contribution in [2.24, 2.45) is 0 Å². The maximum atomic E-state index is 13.2. The second-order valence-corrected chi connectivity index (χ2v) is 7.26. The first-order valence-corrected chi connectivity index (χ1v) is 9.80. The molecule has 0 aliphatic heterocycles. The molecule has 0 bridgehead atoms. The number of aromatic nitrogens is 6. The average molecular weight is 413 g/mol. The van der Waals surface area contributed by atoms with E-state index in [9.17, 15) is 4.79 Å². The van der Waals surface area contributed by atoms with E-state index in [4.69, 9.17) is 9.40 Å². The standard InChI is InChI=1S/C22H19N7O2/c1-14(2)29-21-17(13-25-29)16(11-18(27-21)19-5-3-10-31-19)22(30)26-15-6-7-20(23-12-15)28-9-4-8-24-28/h3-14H,1-2H3,(H,26,30). The van der Waals surface area contributed by atoms with Crippen LogP contribution in [0, 0.1) is 0 Å². The Labute approximate surface area is 177 Å². The van der Waals surface area contributed by atoms with Crippen molar-refractivity contribution in [2.75, 3.05) is 5.32 Å². The molecule has 0 aromatic carbocycles. The van der Waals surface area contributed by atoms with Crippen LogP contribution in [0.4, 0.5) is 5.69 Å². The first-order valence-electron chi connectivity index (χ1n) is 9.80. The third-order valence-electron chi connectivity index (χ3n) is 4.82. The molecule has 9 nitrogen and oxygen atoms in total. The Morgan fingerprint density at radius 1 is 1.13 bits per heavy atom. The minimum absolute atomic E-state index is 0.0896. The van der Waals surface area contributed by atoms with E-state index in [2.05, 4.69) is 20.5 Å². The molecule has 154 valence electrons. The molecule has 0 radical (unpaired) electrons. The van der Waals surface area contributed by atoms with Crippen molar-refractivity contribution in [1.29, 1.82) is 0 Å². The zero-order valence-electron chi connectivity index (χ0n) is 16.9. The average Bonchev–Trinajstić information content (AvgIpc) is 3.55. The smallest absolute Gasteiger partial charge is 0.256 e. The molecule has 0 fully saturated rings. The lowest BCUT2D eigenvalue weighted by Crippen LogP contribution is -2.14. The van der Waals surface area contributed by atoms with Crippen molar-refractivity contribution >= 4 is 22.6 Å². The van der Waals surface area contributed by atoms with Crippen LogP contribution in [0.3, 0.4) is 0 Å². The van der Waals surface area contributed by atoms with Crippen LogP contribution in [0.25, 0.3) is 28.3 Å². The highest BCUT2D eigenvalue weighted by molar-refractivity contribution is 6.12. The van der Waals surface area contributed by atoms with Crippen molar-refractivity contribution in [1.82, 2.24) is 29.5 Å². The Hall–Kier alpha value is -4.27. The van der Waals surface area contributed by atoms with E-state index in [0.29, 0.717) is 39.6 Å². The predicted molar refractivity (Wildman–Crippen MR) is 115 cm³/mol. The molecule has 0 saturated heterocycles. The summed E-state index contributed by atoms with van der Waals surface area (Å²) in [6.07, 6.45) is 8.32. The minimum atomic E-state index is -0.280. The van der Waals surface area contributed by atoms with Gasteiger partial charge in [-0.15, -0.1) is 0 Å². The summed E-state index contributed by atoms with van der Waals surface area (Å²) in [5, 5.41) is 12.2. The van der Waals surface area contributed by atoms with Crippen LogP contribution in [0.1, 0.15) is 30.2 Å². The lowest BCUT2D eigenvalue weighted by molar-refractivity contribution is 0.102. The van der Waals surface area contributed by atoms with Crippen LogP contribution < -0.4 is 5.32 Å². The lowest BCUT2D eigenvalue weighted by atomic mass is 10.1. The van der Waals surface area contributed by atoms with Gasteiger partial charge in [0, 0.05) is 18.4 Å². The molecule has 1 amide bonds. The second-order valence-electron chi connectivity index (χ2n) is 7.26. The molecule has 0 aliphatic carbocycles. The predicted octanol–water partition coefficient (Wildman–Crippen LogP) is 4.11. The molecule has 0 aliphatic rings. The van der Waals surface area contributed by atoms with Gasteiger partial charge in [-0.2, -0.15) is 10.2 Å². The number of furan rings is 1. The van der Waals surface area contributed by atoms with Gasteiger partial charge in [0.15, 0.2) is 17.2 Å². The number of pyridine rings is 2. The molecule has 5 heterocycles. The van der Waals surface area contributed by atoms with Crippen molar-refractivity contribution in [3.63, 3.8) is 0 Å². The first-order chi connectivity index (χ1) is 15.1. The van der Waals surface area contributed by atoms with Gasteiger partial charge < -0.3 is 9.73 Å². The second kappa shape index (κ2) is 7.52. The molecule has 0 saturated carbocycles. The van der Waals surface area contributed by atoms with E-state index in [-0.39, 0.29) is 11.9 Å². The Morgan fingerprint density at radius 3 is 2.71 bits per heavy atom. The fraction of sp³-hybridized carbons (Fsp3) is 0.136. The fourth-order valence-electron chi connectivity index (χ4n) is 3.33. The van der Waals surface area contributed by atoms with Crippen LogP contribution in [-0.4, -0.2) is 35.4 Å². The van der Waals surface area contributed by atoms with Gasteiger partial charge in [0.05, 0.1) is 35.3 Å². The summed E-state index contributed by atoms with van der Waals surface area (Å²) in [6.45, 7) is 4.03. The summed E-state index contributed by atoms with van der Waals surface area (Å²) in [7, 11) is 0. The van der Waals surface area contributed by atoms with Gasteiger partial charge in [0.2, 0.25) is 0 Å². The van der Waals surface area contributed by atoms with Gasteiger partial charge in [-0.1, -0.05) is 0 Å². The first kappa shape index (κ1) is 18.7. The third kappa shape index (κ3) is 3.46. The highest BCUT2D eigenvalue weighted by Gasteiger charge is 2.19. The molecule has 5 rings (SSSR count). The monoisotopic (exact) mass is 413 g/mol. The number of nitrogens with zero attached hydrogens (tertiary/aromatic N) is 6. The van der Waals surface area contributed by atoms with Crippen LogP contribution in [0.2, 0.25) is 0 Å². The maximum absolute atomic E-state index is 13.2. The topological polar surface area (TPSA) is 104 Å². The minimum Gasteiger partial charge on any atom is -0.463 e. The number of rotatable bonds is 5. The van der Waals surface area contributed by atoms with E-state index in [1.54, 1.807) is 64.7 Å². The zero-order valence-corrected chi connectivity index (χ0v) is 16.9. The van der Waals surface area contributed by atoms with Gasteiger partial charge in [0.1, 0.15) is 5.69 Å². The summed E-state index contributed by atoms with van der Waals surface area (Å²) in [6, 6.07) is 10.8. The number of fused-ring (bicyclic) bond motifs is 1. The summed E-state index contributed by atoms with van der Waals surface area (Å²) in [4.78, 5) is 22.2. The van der Waals surface area contributed by atoms with E-state index >= 15 is 0 Å². The van der Waals surface area contributed by atoms with E-state index in [0.717, 1.165) is 0 Å². The third-order valence-corrected chi connectivity index (χ3v) is 4.82. The molecular weight excluding hydrogens is 394 g/mol. The summed E-state index contributed by atoms with van der Waals surface area (Å²) < 4.78 is 8.94. The number of amides is 1. The highest BCUT2D eigenvalue weighted by Crippen LogP contribution is 2.27. The van der Waals surface area contributed by atoms with Gasteiger partial charge in [-0.05, 0) is 50.2 Å². The summed E-state index contributed by atoms with van der Waals surface area (Å²) in [5.41, 5.74) is 2.22. The molecule has 0 unspecified atom stereocenters. The zero-order chi connectivity index (χ0) is 21.4. The molecular formula is C22H19N7O2. The number of nitrogens with one attached hydrogen (secondary N) is 1. The number of anilines is 1. The number of carbonyl (C=O) groups is 1. The Balaban J connectivity index is 1.52. The van der Waals surface area contributed by atoms with E-state index < -0.39 is 0 Å². The number of hydrogen-bond acceptors (Lipinski definition) is 6. The number of carbonyl (C=O) groups excluding carboxylic acids is 1. The van der Waals surface area contributed by atoms with Gasteiger partial charge >= 0.3 is 0 Å². The Bertz CT molecular complexity index is 1340. The SMILES string of the molecule is CC(C)n1ncc2c(C(=O)Nc3ccc(-n4cccn4)nc3)cc(-c3ccco3)nc21. The number of hydrogen-bond donors (Lipinski definition) is 1. The van der Waals surface area contributed by atoms with Crippen LogP contribution >= 0.6 is 0 Å². The molecule has 0 spiro atoms. The van der Waals surface area contributed by atoms with E-state index in [1.807, 2.05) is 26.0 Å². The van der Waals surface area contributed by atoms with Crippen molar-refractivity contribution in [2.45, 2.75) is 19.9 Å². The maximum Gasteiger partial charge on any atom is 0.256 e. The van der Waals surface area contributed by atoms with Crippen molar-refractivity contribution < 1.29 is 9.21 Å². The normalized spacial score (nSPS) is 11.3. The fourth-order valence-corrected chi connectivity index (χ4v) is 3.33. The molecule has 31 heavy (non-hydrogen) atoms. The molecule has 1 N–H and O–H groups in total. The Kier molecular flexibility index (Phi) is 4.55. The van der Waals surface area contributed by atoms with E-state index in [1.165, 1.54) is 0 Å². The summed E-state index contributed by atoms with van der Waals surface area (Å²) >= 11 is 0. The van der Waals surface area contributed by atoms with Crippen LogP contribution in [0.15, 0.2) is 71.9 Å². The molecule has 0 atom stereocenters. The van der Waals surface area contributed by atoms with Gasteiger partial charge in [-0.3, -0.25) is 4.79 Å². The molecule has 9 heteroatoms. The quantitative estimate of drug-likeness (QED) is 0.465. The largest absolute Gasteiger partial charge is 0.463 e. The van der Waals surface area contributed by atoms with Crippen LogP contribution in [-0.2, 0) is 0 Å². The van der Waals surface area contributed by atoms with Gasteiger partial charge in [0.25, 0.3) is 5.91 Å². The van der Waals surface area contributed by atoms with Crippen molar-refractivity contribution in [3.05, 3.63) is 73.0 Å². The molecule has 5 aromatic heterocycles. The Morgan fingerprint density at radius 2 is 2.03 bits per heavy atom. The van der Waals surface area contributed by atoms with Gasteiger partial charge in [-0.25, -0.2) is 19.3 Å². The van der Waals surface area contributed by atoms with Crippen molar-refractivity contribution in [3.8, 4) is 17.3 Å². The lowest BCUT2D eigenvalue weighted by Gasteiger charge is -2.10.